The molecule has 1 heterocycles. The molecule has 2 rings (SSSR count). The number of morpholine rings is 1. The van der Waals surface area contributed by atoms with Crippen molar-refractivity contribution in [2.45, 2.75) is 44.4 Å². The van der Waals surface area contributed by atoms with Crippen molar-refractivity contribution in [1.82, 2.24) is 10.2 Å². The van der Waals surface area contributed by atoms with E-state index in [-0.39, 0.29) is 17.7 Å². The van der Waals surface area contributed by atoms with Crippen LogP contribution in [-0.4, -0.2) is 49.3 Å². The Morgan fingerprint density at radius 2 is 1.94 bits per heavy atom. The van der Waals surface area contributed by atoms with Crippen molar-refractivity contribution in [2.24, 2.45) is 5.92 Å². The Morgan fingerprint density at radius 1 is 1.35 bits per heavy atom. The van der Waals surface area contributed by atoms with Crippen LogP contribution in [0.3, 0.4) is 0 Å². The molecule has 1 aliphatic carbocycles. The lowest BCUT2D eigenvalue weighted by Crippen LogP contribution is -2.57. The normalized spacial score (nSPS) is 34.0. The minimum absolute atomic E-state index is 0.270. The van der Waals surface area contributed by atoms with Gasteiger partial charge in [-0.3, -0.25) is 4.90 Å². The van der Waals surface area contributed by atoms with Gasteiger partial charge in [-0.25, -0.2) is 0 Å². The van der Waals surface area contributed by atoms with Crippen molar-refractivity contribution < 1.29 is 4.74 Å². The lowest BCUT2D eigenvalue weighted by atomic mass is 9.94. The summed E-state index contributed by atoms with van der Waals surface area (Å²) in [6, 6.07) is 2.51. The predicted molar refractivity (Wildman–Crippen MR) is 66.6 cm³/mol. The summed E-state index contributed by atoms with van der Waals surface area (Å²) in [6.45, 7) is 6.90. The molecule has 0 aromatic carbocycles. The summed E-state index contributed by atoms with van der Waals surface area (Å²) >= 11 is 0. The van der Waals surface area contributed by atoms with Crippen LogP contribution in [0.15, 0.2) is 0 Å². The van der Waals surface area contributed by atoms with E-state index in [1.165, 1.54) is 12.8 Å². The fourth-order valence-electron chi connectivity index (χ4n) is 2.94. The minimum Gasteiger partial charge on any atom is -0.373 e. The van der Waals surface area contributed by atoms with Crippen LogP contribution >= 0.6 is 0 Å². The first-order chi connectivity index (χ1) is 8.09. The van der Waals surface area contributed by atoms with Crippen molar-refractivity contribution in [3.63, 3.8) is 0 Å². The number of nitrogens with zero attached hydrogens (tertiary/aromatic N) is 2. The molecular weight excluding hydrogens is 214 g/mol. The third-order valence-electron chi connectivity index (χ3n) is 3.89. The Morgan fingerprint density at radius 3 is 2.35 bits per heavy atom. The molecule has 4 heteroatoms. The zero-order valence-electron chi connectivity index (χ0n) is 11.1. The summed E-state index contributed by atoms with van der Waals surface area (Å²) in [7, 11) is 1.91. The van der Waals surface area contributed by atoms with Gasteiger partial charge in [0.15, 0.2) is 0 Å². The maximum absolute atomic E-state index is 9.48. The van der Waals surface area contributed by atoms with Crippen LogP contribution in [0.2, 0.25) is 0 Å². The molecule has 0 amide bonds. The Bertz CT molecular complexity index is 300. The zero-order chi connectivity index (χ0) is 12.5. The maximum atomic E-state index is 9.48. The first-order valence-corrected chi connectivity index (χ1v) is 6.57. The van der Waals surface area contributed by atoms with E-state index in [9.17, 15) is 5.26 Å². The molecule has 1 saturated heterocycles. The molecule has 4 nitrogen and oxygen atoms in total. The van der Waals surface area contributed by atoms with Gasteiger partial charge in [0.2, 0.25) is 0 Å². The van der Waals surface area contributed by atoms with Crippen LogP contribution in [0.1, 0.15) is 26.7 Å². The Kier molecular flexibility index (Phi) is 3.72. The van der Waals surface area contributed by atoms with Gasteiger partial charge in [0.1, 0.15) is 5.54 Å². The smallest absolute Gasteiger partial charge is 0.122 e. The summed E-state index contributed by atoms with van der Waals surface area (Å²) in [5, 5.41) is 12.7. The predicted octanol–water partition coefficient (Wildman–Crippen LogP) is 0.987. The molecule has 3 atom stereocenters. The number of likely N-dealkylation sites (N-methyl/N-ethyl adjacent to an activating group) is 1. The van der Waals surface area contributed by atoms with E-state index in [4.69, 9.17) is 4.74 Å². The SMILES string of the molecule is CNC(C#N)(CN1CC(C)OC(C)C1)C1CC1. The second-order valence-corrected chi connectivity index (χ2v) is 5.56. The van der Waals surface area contributed by atoms with Crippen LogP contribution in [-0.2, 0) is 4.74 Å². The third kappa shape index (κ3) is 2.79. The molecule has 2 fully saturated rings. The highest BCUT2D eigenvalue weighted by Gasteiger charge is 2.46. The van der Waals surface area contributed by atoms with Gasteiger partial charge in [0.05, 0.1) is 18.3 Å². The summed E-state index contributed by atoms with van der Waals surface area (Å²) < 4.78 is 5.73. The molecule has 0 radical (unpaired) electrons. The van der Waals surface area contributed by atoms with E-state index < -0.39 is 0 Å². The molecular formula is C13H23N3O. The average molecular weight is 237 g/mol. The average Bonchev–Trinajstić information content (AvgIpc) is 3.09. The largest absolute Gasteiger partial charge is 0.373 e. The fourth-order valence-corrected chi connectivity index (χ4v) is 2.94. The quantitative estimate of drug-likeness (QED) is 0.792. The molecule has 0 bridgehead atoms. The molecule has 0 aromatic heterocycles. The van der Waals surface area contributed by atoms with Crippen molar-refractivity contribution in [3.8, 4) is 6.07 Å². The molecule has 1 N–H and O–H groups in total. The highest BCUT2D eigenvalue weighted by Crippen LogP contribution is 2.40. The summed E-state index contributed by atoms with van der Waals surface area (Å²) in [5.41, 5.74) is -0.350. The van der Waals surface area contributed by atoms with Gasteiger partial charge in [-0.05, 0) is 39.7 Å². The second kappa shape index (κ2) is 4.93. The summed E-state index contributed by atoms with van der Waals surface area (Å²) in [5.74, 6) is 0.533. The lowest BCUT2D eigenvalue weighted by molar-refractivity contribution is -0.0726. The van der Waals surface area contributed by atoms with Crippen LogP contribution in [0.5, 0.6) is 0 Å². The van der Waals surface area contributed by atoms with E-state index in [0.717, 1.165) is 19.6 Å². The monoisotopic (exact) mass is 237 g/mol. The summed E-state index contributed by atoms with van der Waals surface area (Å²) in [6.07, 6.45) is 2.91. The highest BCUT2D eigenvalue weighted by molar-refractivity contribution is 5.16. The molecule has 0 spiro atoms. The highest BCUT2D eigenvalue weighted by atomic mass is 16.5. The Labute approximate surface area is 104 Å². The minimum atomic E-state index is -0.350. The lowest BCUT2D eigenvalue weighted by Gasteiger charge is -2.39. The number of nitriles is 1. The van der Waals surface area contributed by atoms with Crippen LogP contribution in [0.25, 0.3) is 0 Å². The molecule has 0 aromatic rings. The van der Waals surface area contributed by atoms with Crippen molar-refractivity contribution >= 4 is 0 Å². The standard InChI is InChI=1S/C13H23N3O/c1-10-6-16(7-11(2)17-10)9-13(8-14,15-3)12-4-5-12/h10-12,15H,4-7,9H2,1-3H3. The molecule has 3 unspecified atom stereocenters. The van der Waals surface area contributed by atoms with Crippen molar-refractivity contribution in [1.29, 1.82) is 5.26 Å². The summed E-state index contributed by atoms with van der Waals surface area (Å²) in [4.78, 5) is 2.37. The topological polar surface area (TPSA) is 48.3 Å². The van der Waals surface area contributed by atoms with Gasteiger partial charge in [-0.1, -0.05) is 0 Å². The number of rotatable bonds is 4. The molecule has 1 aliphatic heterocycles. The van der Waals surface area contributed by atoms with Gasteiger partial charge >= 0.3 is 0 Å². The molecule has 17 heavy (non-hydrogen) atoms. The van der Waals surface area contributed by atoms with Crippen LogP contribution < -0.4 is 5.32 Å². The van der Waals surface area contributed by atoms with E-state index in [0.29, 0.717) is 5.92 Å². The van der Waals surface area contributed by atoms with Crippen molar-refractivity contribution in [3.05, 3.63) is 0 Å². The second-order valence-electron chi connectivity index (χ2n) is 5.56. The van der Waals surface area contributed by atoms with Gasteiger partial charge in [-0.2, -0.15) is 5.26 Å². The number of hydrogen-bond acceptors (Lipinski definition) is 4. The molecule has 96 valence electrons. The maximum Gasteiger partial charge on any atom is 0.122 e. The first kappa shape index (κ1) is 12.8. The Balaban J connectivity index is 2.00. The van der Waals surface area contributed by atoms with E-state index in [1.807, 2.05) is 7.05 Å². The van der Waals surface area contributed by atoms with Crippen LogP contribution in [0, 0.1) is 17.2 Å². The Hall–Kier alpha value is -0.630. The number of hydrogen-bond donors (Lipinski definition) is 1. The van der Waals surface area contributed by atoms with Gasteiger partial charge in [0, 0.05) is 19.6 Å². The van der Waals surface area contributed by atoms with E-state index >= 15 is 0 Å². The van der Waals surface area contributed by atoms with E-state index in [2.05, 4.69) is 30.1 Å². The zero-order valence-corrected chi connectivity index (χ0v) is 11.1. The number of nitrogens with one attached hydrogen (secondary N) is 1. The number of ether oxygens (including phenoxy) is 1. The molecule has 2 aliphatic rings. The van der Waals surface area contributed by atoms with Gasteiger partial charge in [0.25, 0.3) is 0 Å². The molecule has 1 saturated carbocycles. The van der Waals surface area contributed by atoms with Crippen molar-refractivity contribution in [2.75, 3.05) is 26.7 Å². The van der Waals surface area contributed by atoms with Crippen LogP contribution in [0.4, 0.5) is 0 Å². The third-order valence-corrected chi connectivity index (χ3v) is 3.89. The first-order valence-electron chi connectivity index (χ1n) is 6.57. The van der Waals surface area contributed by atoms with Gasteiger partial charge in [-0.15, -0.1) is 0 Å². The van der Waals surface area contributed by atoms with Gasteiger partial charge < -0.3 is 10.1 Å². The van der Waals surface area contributed by atoms with E-state index in [1.54, 1.807) is 0 Å². The fraction of sp³-hybridized carbons (Fsp3) is 0.923.